The molecule has 1 aliphatic carbocycles. The van der Waals surface area contributed by atoms with E-state index in [1.54, 1.807) is 0 Å². The van der Waals surface area contributed by atoms with Crippen molar-refractivity contribution >= 4 is 11.6 Å². The third-order valence-corrected chi connectivity index (χ3v) is 5.24. The molecule has 0 spiro atoms. The monoisotopic (exact) mass is 284 g/mol. The summed E-state index contributed by atoms with van der Waals surface area (Å²) in [6, 6.07) is 0. The Morgan fingerprint density at radius 1 is 1.32 bits per heavy atom. The molecule has 0 saturated heterocycles. The zero-order chi connectivity index (χ0) is 14.3. The highest BCUT2D eigenvalue weighted by Gasteiger charge is 2.48. The van der Waals surface area contributed by atoms with E-state index in [0.717, 1.165) is 48.6 Å². The molecule has 0 bridgehead atoms. The van der Waals surface area contributed by atoms with Crippen molar-refractivity contribution in [3.63, 3.8) is 0 Å². The van der Waals surface area contributed by atoms with Crippen LogP contribution in [0.25, 0.3) is 0 Å². The van der Waals surface area contributed by atoms with Crippen molar-refractivity contribution in [1.82, 2.24) is 9.78 Å². The van der Waals surface area contributed by atoms with Gasteiger partial charge in [0.05, 0.1) is 22.0 Å². The summed E-state index contributed by atoms with van der Waals surface area (Å²) in [5.74, 6) is 0. The van der Waals surface area contributed by atoms with Crippen LogP contribution in [0.4, 0.5) is 0 Å². The first kappa shape index (κ1) is 14.9. The molecule has 19 heavy (non-hydrogen) atoms. The van der Waals surface area contributed by atoms with Crippen molar-refractivity contribution in [2.75, 3.05) is 0 Å². The molecular weight excluding hydrogens is 260 g/mol. The summed E-state index contributed by atoms with van der Waals surface area (Å²) in [5, 5.41) is 16.3. The van der Waals surface area contributed by atoms with Gasteiger partial charge in [-0.25, -0.2) is 0 Å². The summed E-state index contributed by atoms with van der Waals surface area (Å²) in [6.07, 6.45) is 4.46. The highest BCUT2D eigenvalue weighted by molar-refractivity contribution is 6.31. The number of halogens is 1. The van der Waals surface area contributed by atoms with E-state index in [1.165, 1.54) is 0 Å². The van der Waals surface area contributed by atoms with Gasteiger partial charge in [-0.2, -0.15) is 5.10 Å². The quantitative estimate of drug-likeness (QED) is 0.917. The zero-order valence-corrected chi connectivity index (χ0v) is 13.2. The highest BCUT2D eigenvalue weighted by Crippen LogP contribution is 2.48. The molecule has 1 N–H and O–H groups in total. The average Bonchev–Trinajstić information content (AvgIpc) is 2.79. The standard InChI is InChI=1S/C15H25ClN2O/c1-5-11-13(16)12(18(6-2)17-11)10-15(19)9-7-8-14(15,3)4/h19H,5-10H2,1-4H3. The number of aromatic nitrogens is 2. The lowest BCUT2D eigenvalue weighted by atomic mass is 9.75. The fourth-order valence-electron chi connectivity index (χ4n) is 3.18. The van der Waals surface area contributed by atoms with Gasteiger partial charge in [0.25, 0.3) is 0 Å². The van der Waals surface area contributed by atoms with Gasteiger partial charge in [-0.1, -0.05) is 32.4 Å². The van der Waals surface area contributed by atoms with Crippen molar-refractivity contribution in [2.45, 2.75) is 71.9 Å². The van der Waals surface area contributed by atoms with Crippen LogP contribution in [0.5, 0.6) is 0 Å². The highest BCUT2D eigenvalue weighted by atomic mass is 35.5. The molecule has 1 saturated carbocycles. The summed E-state index contributed by atoms with van der Waals surface area (Å²) < 4.78 is 1.95. The van der Waals surface area contributed by atoms with Gasteiger partial charge < -0.3 is 5.11 Å². The molecule has 1 aliphatic rings. The molecule has 4 heteroatoms. The summed E-state index contributed by atoms with van der Waals surface area (Å²) in [6.45, 7) is 9.23. The molecule has 0 aromatic carbocycles. The Labute approximate surface area is 121 Å². The first-order valence-electron chi connectivity index (χ1n) is 7.31. The van der Waals surface area contributed by atoms with Gasteiger partial charge in [0, 0.05) is 13.0 Å². The maximum Gasteiger partial charge on any atom is 0.0850 e. The SMILES string of the molecule is CCc1nn(CC)c(CC2(O)CCCC2(C)C)c1Cl. The van der Waals surface area contributed by atoms with Crippen LogP contribution in [0.2, 0.25) is 5.02 Å². The summed E-state index contributed by atoms with van der Waals surface area (Å²) in [4.78, 5) is 0. The smallest absolute Gasteiger partial charge is 0.0850 e. The van der Waals surface area contributed by atoms with E-state index in [0.29, 0.717) is 6.42 Å². The van der Waals surface area contributed by atoms with Crippen LogP contribution in [0.15, 0.2) is 0 Å². The molecule has 1 atom stereocenters. The number of hydrogen-bond acceptors (Lipinski definition) is 2. The molecule has 1 heterocycles. The lowest BCUT2D eigenvalue weighted by Gasteiger charge is -2.37. The fourth-order valence-corrected chi connectivity index (χ4v) is 3.52. The van der Waals surface area contributed by atoms with E-state index in [1.807, 2.05) is 4.68 Å². The molecule has 108 valence electrons. The van der Waals surface area contributed by atoms with Gasteiger partial charge in [0.1, 0.15) is 0 Å². The Hall–Kier alpha value is -0.540. The van der Waals surface area contributed by atoms with E-state index in [9.17, 15) is 5.11 Å². The predicted octanol–water partition coefficient (Wildman–Crippen LogP) is 3.60. The number of rotatable bonds is 4. The first-order valence-corrected chi connectivity index (χ1v) is 7.69. The first-order chi connectivity index (χ1) is 8.84. The van der Waals surface area contributed by atoms with Crippen LogP contribution >= 0.6 is 11.6 Å². The van der Waals surface area contributed by atoms with Gasteiger partial charge >= 0.3 is 0 Å². The van der Waals surface area contributed by atoms with Crippen LogP contribution in [-0.4, -0.2) is 20.5 Å². The van der Waals surface area contributed by atoms with E-state index in [4.69, 9.17) is 11.6 Å². The molecule has 1 aromatic heterocycles. The van der Waals surface area contributed by atoms with Crippen LogP contribution < -0.4 is 0 Å². The Morgan fingerprint density at radius 2 is 2.00 bits per heavy atom. The lowest BCUT2D eigenvalue weighted by Crippen LogP contribution is -2.42. The maximum absolute atomic E-state index is 11.0. The molecule has 0 aliphatic heterocycles. The topological polar surface area (TPSA) is 38.0 Å². The lowest BCUT2D eigenvalue weighted by molar-refractivity contribution is -0.0433. The van der Waals surface area contributed by atoms with E-state index in [2.05, 4.69) is 32.8 Å². The Kier molecular flexibility index (Phi) is 3.99. The van der Waals surface area contributed by atoms with E-state index in [-0.39, 0.29) is 5.41 Å². The third kappa shape index (κ3) is 2.43. The van der Waals surface area contributed by atoms with Crippen molar-refractivity contribution in [2.24, 2.45) is 5.41 Å². The van der Waals surface area contributed by atoms with Gasteiger partial charge in [-0.15, -0.1) is 0 Å². The minimum Gasteiger partial charge on any atom is -0.389 e. The maximum atomic E-state index is 11.0. The Morgan fingerprint density at radius 3 is 2.47 bits per heavy atom. The van der Waals surface area contributed by atoms with Crippen LogP contribution in [0, 0.1) is 5.41 Å². The van der Waals surface area contributed by atoms with Crippen LogP contribution in [-0.2, 0) is 19.4 Å². The second kappa shape index (κ2) is 5.10. The minimum absolute atomic E-state index is 0.0501. The van der Waals surface area contributed by atoms with Crippen LogP contribution in [0.3, 0.4) is 0 Å². The molecule has 3 nitrogen and oxygen atoms in total. The second-order valence-corrected chi connectivity index (χ2v) is 6.70. The Bertz CT molecular complexity index is 467. The summed E-state index contributed by atoms with van der Waals surface area (Å²) in [7, 11) is 0. The largest absolute Gasteiger partial charge is 0.389 e. The normalized spacial score (nSPS) is 26.0. The number of hydrogen-bond donors (Lipinski definition) is 1. The molecule has 1 fully saturated rings. The number of aryl methyl sites for hydroxylation is 2. The summed E-state index contributed by atoms with van der Waals surface area (Å²) in [5.41, 5.74) is 1.23. The van der Waals surface area contributed by atoms with Gasteiger partial charge in [0.2, 0.25) is 0 Å². The molecule has 1 unspecified atom stereocenters. The minimum atomic E-state index is -0.658. The number of nitrogens with zero attached hydrogens (tertiary/aromatic N) is 2. The molecule has 0 radical (unpaired) electrons. The Balaban J connectivity index is 2.35. The predicted molar refractivity (Wildman–Crippen MR) is 78.6 cm³/mol. The molecule has 1 aromatic rings. The van der Waals surface area contributed by atoms with Crippen molar-refractivity contribution in [1.29, 1.82) is 0 Å². The van der Waals surface area contributed by atoms with E-state index < -0.39 is 5.60 Å². The third-order valence-electron chi connectivity index (χ3n) is 4.81. The molecular formula is C15H25ClN2O. The van der Waals surface area contributed by atoms with Gasteiger partial charge in [-0.05, 0) is 38.0 Å². The zero-order valence-electron chi connectivity index (χ0n) is 12.5. The summed E-state index contributed by atoms with van der Waals surface area (Å²) >= 11 is 6.45. The second-order valence-electron chi connectivity index (χ2n) is 6.32. The average molecular weight is 285 g/mol. The van der Waals surface area contributed by atoms with Crippen molar-refractivity contribution in [3.8, 4) is 0 Å². The van der Waals surface area contributed by atoms with E-state index >= 15 is 0 Å². The van der Waals surface area contributed by atoms with Crippen LogP contribution in [0.1, 0.15) is 58.3 Å². The van der Waals surface area contributed by atoms with Crippen molar-refractivity contribution in [3.05, 3.63) is 16.4 Å². The number of aliphatic hydroxyl groups is 1. The fraction of sp³-hybridized carbons (Fsp3) is 0.800. The van der Waals surface area contributed by atoms with Gasteiger partial charge in [0.15, 0.2) is 0 Å². The van der Waals surface area contributed by atoms with Gasteiger partial charge in [-0.3, -0.25) is 4.68 Å². The van der Waals surface area contributed by atoms with Crippen molar-refractivity contribution < 1.29 is 5.11 Å². The molecule has 2 rings (SSSR count). The molecule has 0 amide bonds.